The first kappa shape index (κ1) is 17.6. The Hall–Kier alpha value is -2.78. The summed E-state index contributed by atoms with van der Waals surface area (Å²) in [5, 5.41) is 3.64. The summed E-state index contributed by atoms with van der Waals surface area (Å²) in [5.41, 5.74) is 5.09. The van der Waals surface area contributed by atoms with E-state index in [0.29, 0.717) is 13.2 Å². The van der Waals surface area contributed by atoms with Crippen LogP contribution in [0.1, 0.15) is 35.2 Å². The third-order valence-electron chi connectivity index (χ3n) is 4.92. The Morgan fingerprint density at radius 2 is 1.74 bits per heavy atom. The van der Waals surface area contributed by atoms with Crippen LogP contribution in [0.2, 0.25) is 0 Å². The molecule has 3 heteroatoms. The molecule has 0 aromatic heterocycles. The lowest BCUT2D eigenvalue weighted by Crippen LogP contribution is -2.30. The van der Waals surface area contributed by atoms with Gasteiger partial charge in [0.1, 0.15) is 18.1 Å². The average molecular weight is 359 g/mol. The summed E-state index contributed by atoms with van der Waals surface area (Å²) >= 11 is 0. The van der Waals surface area contributed by atoms with Gasteiger partial charge in [0.25, 0.3) is 0 Å². The molecule has 3 nitrogen and oxygen atoms in total. The Morgan fingerprint density at radius 3 is 2.59 bits per heavy atom. The first-order valence-electron chi connectivity index (χ1n) is 9.59. The van der Waals surface area contributed by atoms with Crippen LogP contribution in [0.4, 0.5) is 0 Å². The molecule has 1 aliphatic rings. The quantitative estimate of drug-likeness (QED) is 0.679. The normalized spacial score (nSPS) is 15.8. The molecule has 0 aliphatic carbocycles. The lowest BCUT2D eigenvalue weighted by molar-refractivity contribution is 0.305. The molecule has 4 rings (SSSR count). The molecule has 3 aromatic carbocycles. The standard InChI is InChI=1S/C24H25NO2/c1-2-26-21-10-6-9-20(16-21)24-23-12-11-22(15-19(23)13-14-25-24)27-17-18-7-4-3-5-8-18/h3-12,15-16,24-25H,2,13-14,17H2,1H3. The molecule has 3 aromatic rings. The van der Waals surface area contributed by atoms with E-state index in [-0.39, 0.29) is 6.04 Å². The van der Waals surface area contributed by atoms with Gasteiger partial charge in [-0.2, -0.15) is 0 Å². The van der Waals surface area contributed by atoms with Gasteiger partial charge in [-0.1, -0.05) is 48.5 Å². The fourth-order valence-electron chi connectivity index (χ4n) is 3.62. The molecule has 1 heterocycles. The number of benzene rings is 3. The number of nitrogens with one attached hydrogen (secondary N) is 1. The highest BCUT2D eigenvalue weighted by Gasteiger charge is 2.22. The van der Waals surface area contributed by atoms with Gasteiger partial charge in [-0.3, -0.25) is 0 Å². The van der Waals surface area contributed by atoms with E-state index in [1.165, 1.54) is 22.3 Å². The highest BCUT2D eigenvalue weighted by atomic mass is 16.5. The average Bonchev–Trinajstić information content (AvgIpc) is 2.73. The summed E-state index contributed by atoms with van der Waals surface area (Å²) in [4.78, 5) is 0. The van der Waals surface area contributed by atoms with Crippen LogP contribution in [-0.2, 0) is 13.0 Å². The maximum atomic E-state index is 6.01. The van der Waals surface area contributed by atoms with Gasteiger partial charge in [0.05, 0.1) is 12.6 Å². The summed E-state index contributed by atoms with van der Waals surface area (Å²) in [6, 6.07) is 25.3. The van der Waals surface area contributed by atoms with Crippen LogP contribution in [0.3, 0.4) is 0 Å². The van der Waals surface area contributed by atoms with Gasteiger partial charge in [-0.15, -0.1) is 0 Å². The first-order chi connectivity index (χ1) is 13.3. The first-order valence-corrected chi connectivity index (χ1v) is 9.59. The van der Waals surface area contributed by atoms with Crippen molar-refractivity contribution in [2.45, 2.75) is 26.0 Å². The summed E-state index contributed by atoms with van der Waals surface area (Å²) in [5.74, 6) is 1.85. The molecule has 0 fully saturated rings. The molecule has 0 saturated carbocycles. The van der Waals surface area contributed by atoms with Crippen molar-refractivity contribution in [2.24, 2.45) is 0 Å². The molecule has 27 heavy (non-hydrogen) atoms. The Morgan fingerprint density at radius 1 is 0.889 bits per heavy atom. The largest absolute Gasteiger partial charge is 0.494 e. The highest BCUT2D eigenvalue weighted by Crippen LogP contribution is 2.32. The third-order valence-corrected chi connectivity index (χ3v) is 4.92. The summed E-state index contributed by atoms with van der Waals surface area (Å²) in [7, 11) is 0. The van der Waals surface area contributed by atoms with Gasteiger partial charge in [0, 0.05) is 6.54 Å². The molecule has 0 saturated heterocycles. The van der Waals surface area contributed by atoms with Gasteiger partial charge in [-0.05, 0) is 59.9 Å². The van der Waals surface area contributed by atoms with E-state index in [2.05, 4.69) is 53.8 Å². The maximum absolute atomic E-state index is 6.01. The number of hydrogen-bond donors (Lipinski definition) is 1. The zero-order chi connectivity index (χ0) is 18.5. The lowest BCUT2D eigenvalue weighted by atomic mass is 9.89. The van der Waals surface area contributed by atoms with Crippen molar-refractivity contribution >= 4 is 0 Å². The van der Waals surface area contributed by atoms with Crippen molar-refractivity contribution < 1.29 is 9.47 Å². The maximum Gasteiger partial charge on any atom is 0.120 e. The van der Waals surface area contributed by atoms with Crippen molar-refractivity contribution in [1.82, 2.24) is 5.32 Å². The Bertz CT molecular complexity index is 892. The second kappa shape index (κ2) is 8.28. The molecule has 0 amide bonds. The van der Waals surface area contributed by atoms with Crippen LogP contribution in [0.25, 0.3) is 0 Å². The predicted octanol–water partition coefficient (Wildman–Crippen LogP) is 4.90. The SMILES string of the molecule is CCOc1cccc(C2NCCc3cc(OCc4ccccc4)ccc32)c1. The van der Waals surface area contributed by atoms with Gasteiger partial charge in [0.2, 0.25) is 0 Å². The zero-order valence-corrected chi connectivity index (χ0v) is 15.7. The number of fused-ring (bicyclic) bond motifs is 1. The monoisotopic (exact) mass is 359 g/mol. The van der Waals surface area contributed by atoms with Crippen LogP contribution in [-0.4, -0.2) is 13.2 Å². The van der Waals surface area contributed by atoms with E-state index in [4.69, 9.17) is 9.47 Å². The molecule has 0 radical (unpaired) electrons. The topological polar surface area (TPSA) is 30.5 Å². The van der Waals surface area contributed by atoms with E-state index < -0.39 is 0 Å². The fourth-order valence-corrected chi connectivity index (χ4v) is 3.62. The van der Waals surface area contributed by atoms with E-state index in [1.807, 2.05) is 31.2 Å². The van der Waals surface area contributed by atoms with Crippen molar-refractivity contribution in [1.29, 1.82) is 0 Å². The minimum absolute atomic E-state index is 0.192. The van der Waals surface area contributed by atoms with E-state index in [9.17, 15) is 0 Å². The highest BCUT2D eigenvalue weighted by molar-refractivity contribution is 5.45. The minimum Gasteiger partial charge on any atom is -0.494 e. The molecule has 1 N–H and O–H groups in total. The molecule has 0 spiro atoms. The molecule has 1 aliphatic heterocycles. The predicted molar refractivity (Wildman–Crippen MR) is 108 cm³/mol. The van der Waals surface area contributed by atoms with Gasteiger partial charge < -0.3 is 14.8 Å². The number of rotatable bonds is 6. The minimum atomic E-state index is 0.192. The third kappa shape index (κ3) is 4.15. The van der Waals surface area contributed by atoms with E-state index in [1.54, 1.807) is 0 Å². The van der Waals surface area contributed by atoms with Crippen molar-refractivity contribution in [3.05, 3.63) is 95.1 Å². The van der Waals surface area contributed by atoms with Crippen molar-refractivity contribution in [3.8, 4) is 11.5 Å². The van der Waals surface area contributed by atoms with E-state index >= 15 is 0 Å². The van der Waals surface area contributed by atoms with Crippen LogP contribution < -0.4 is 14.8 Å². The lowest BCUT2D eigenvalue weighted by Gasteiger charge is -2.28. The van der Waals surface area contributed by atoms with Crippen molar-refractivity contribution in [2.75, 3.05) is 13.2 Å². The Kier molecular flexibility index (Phi) is 5.40. The van der Waals surface area contributed by atoms with Crippen LogP contribution in [0.5, 0.6) is 11.5 Å². The Balaban J connectivity index is 1.54. The van der Waals surface area contributed by atoms with Crippen LogP contribution in [0.15, 0.2) is 72.8 Å². The molecule has 0 bridgehead atoms. The van der Waals surface area contributed by atoms with Crippen LogP contribution >= 0.6 is 0 Å². The van der Waals surface area contributed by atoms with Gasteiger partial charge >= 0.3 is 0 Å². The zero-order valence-electron chi connectivity index (χ0n) is 15.7. The number of ether oxygens (including phenoxy) is 2. The summed E-state index contributed by atoms with van der Waals surface area (Å²) in [6.45, 7) is 4.24. The fraction of sp³-hybridized carbons (Fsp3) is 0.250. The molecular weight excluding hydrogens is 334 g/mol. The van der Waals surface area contributed by atoms with Crippen LogP contribution in [0, 0.1) is 0 Å². The second-order valence-corrected chi connectivity index (χ2v) is 6.78. The Labute approximate surface area is 161 Å². The molecular formula is C24H25NO2. The molecule has 138 valence electrons. The smallest absolute Gasteiger partial charge is 0.120 e. The van der Waals surface area contributed by atoms with Gasteiger partial charge in [-0.25, -0.2) is 0 Å². The molecule has 1 atom stereocenters. The molecule has 1 unspecified atom stereocenters. The summed E-state index contributed by atoms with van der Waals surface area (Å²) in [6.07, 6.45) is 1.01. The number of hydrogen-bond acceptors (Lipinski definition) is 3. The van der Waals surface area contributed by atoms with Crippen molar-refractivity contribution in [3.63, 3.8) is 0 Å². The summed E-state index contributed by atoms with van der Waals surface area (Å²) < 4.78 is 11.7. The second-order valence-electron chi connectivity index (χ2n) is 6.78. The van der Waals surface area contributed by atoms with Gasteiger partial charge in [0.15, 0.2) is 0 Å². The van der Waals surface area contributed by atoms with E-state index in [0.717, 1.165) is 24.5 Å².